The number of nitrogens with zero attached hydrogens (tertiary/aromatic N) is 2. The van der Waals surface area contributed by atoms with Gasteiger partial charge in [0.25, 0.3) is 0 Å². The van der Waals surface area contributed by atoms with E-state index in [1.165, 1.54) is 11.2 Å². The number of anilines is 2. The summed E-state index contributed by atoms with van der Waals surface area (Å²) in [4.78, 5) is 9.66. The van der Waals surface area contributed by atoms with Crippen molar-refractivity contribution in [1.29, 1.82) is 0 Å². The summed E-state index contributed by atoms with van der Waals surface area (Å²) >= 11 is 7.93. The molecule has 0 bridgehead atoms. The number of aryl methyl sites for hydroxylation is 2. The fourth-order valence-electron chi connectivity index (χ4n) is 2.44. The Bertz CT molecular complexity index is 845. The zero-order chi connectivity index (χ0) is 17.8. The van der Waals surface area contributed by atoms with E-state index in [1.54, 1.807) is 11.3 Å². The maximum absolute atomic E-state index is 6.19. The number of halogens is 1. The highest BCUT2D eigenvalue weighted by Gasteiger charge is 2.12. The predicted octanol–water partition coefficient (Wildman–Crippen LogP) is 4.84. The fourth-order valence-corrected chi connectivity index (χ4v) is 3.26. The zero-order valence-corrected chi connectivity index (χ0v) is 15.6. The maximum atomic E-state index is 6.19. The molecule has 1 aromatic carbocycles. The van der Waals surface area contributed by atoms with E-state index in [9.17, 15) is 0 Å². The number of thiophene rings is 1. The van der Waals surface area contributed by atoms with E-state index in [1.807, 2.05) is 32.0 Å². The molecule has 0 unspecified atom stereocenters. The van der Waals surface area contributed by atoms with Gasteiger partial charge in [0, 0.05) is 16.4 Å². The van der Waals surface area contributed by atoms with Gasteiger partial charge in [-0.25, -0.2) is 4.98 Å². The molecule has 0 aliphatic rings. The first kappa shape index (κ1) is 17.5. The lowest BCUT2D eigenvalue weighted by molar-refractivity contribution is 0.464. The van der Waals surface area contributed by atoms with E-state index < -0.39 is 0 Å². The molecular formula is C18H19ClN4OS. The second-order valence-electron chi connectivity index (χ2n) is 5.67. The average Bonchev–Trinajstić information content (AvgIpc) is 3.09. The lowest BCUT2D eigenvalue weighted by Gasteiger charge is -2.13. The Morgan fingerprint density at radius 3 is 2.68 bits per heavy atom. The van der Waals surface area contributed by atoms with Gasteiger partial charge in [-0.1, -0.05) is 17.7 Å². The number of hydrogen-bond donors (Lipinski definition) is 2. The van der Waals surface area contributed by atoms with E-state index in [2.05, 4.69) is 26.7 Å². The van der Waals surface area contributed by atoms with E-state index in [4.69, 9.17) is 22.1 Å². The molecule has 0 atom stereocenters. The van der Waals surface area contributed by atoms with Gasteiger partial charge < -0.3 is 15.8 Å². The summed E-state index contributed by atoms with van der Waals surface area (Å²) in [6.45, 7) is 4.60. The van der Waals surface area contributed by atoms with Crippen LogP contribution >= 0.6 is 22.9 Å². The topological polar surface area (TPSA) is 73.1 Å². The van der Waals surface area contributed by atoms with Crippen molar-refractivity contribution in [2.24, 2.45) is 0 Å². The third-order valence-corrected chi connectivity index (χ3v) is 5.25. The molecule has 3 aromatic rings. The molecule has 0 radical (unpaired) electrons. The SMILES string of the molecule is Cc1cc(Oc2ncnc(NCCc3cccs3)c2N)cc(C)c1Cl. The van der Waals surface area contributed by atoms with Crippen LogP contribution in [-0.4, -0.2) is 16.5 Å². The van der Waals surface area contributed by atoms with Gasteiger partial charge in [0.2, 0.25) is 5.88 Å². The summed E-state index contributed by atoms with van der Waals surface area (Å²) in [6.07, 6.45) is 2.35. The minimum Gasteiger partial charge on any atom is -0.437 e. The highest BCUT2D eigenvalue weighted by atomic mass is 35.5. The van der Waals surface area contributed by atoms with Crippen molar-refractivity contribution in [3.05, 3.63) is 57.0 Å². The summed E-state index contributed by atoms with van der Waals surface area (Å²) in [5.41, 5.74) is 8.43. The molecule has 0 fully saturated rings. The molecule has 25 heavy (non-hydrogen) atoms. The van der Waals surface area contributed by atoms with Crippen LogP contribution in [-0.2, 0) is 6.42 Å². The summed E-state index contributed by atoms with van der Waals surface area (Å²) < 4.78 is 5.85. The van der Waals surface area contributed by atoms with Gasteiger partial charge >= 0.3 is 0 Å². The number of aromatic nitrogens is 2. The van der Waals surface area contributed by atoms with Crippen LogP contribution in [0.1, 0.15) is 16.0 Å². The number of benzene rings is 1. The molecule has 2 aromatic heterocycles. The number of nitrogens with one attached hydrogen (secondary N) is 1. The molecule has 3 rings (SSSR count). The monoisotopic (exact) mass is 374 g/mol. The summed E-state index contributed by atoms with van der Waals surface area (Å²) in [5.74, 6) is 1.55. The molecule has 130 valence electrons. The Hall–Kier alpha value is -2.31. The number of nitrogens with two attached hydrogens (primary N) is 1. The standard InChI is InChI=1S/C18H19ClN4OS/c1-11-8-13(9-12(2)15(11)19)24-18-16(20)17(22-10-23-18)21-6-5-14-4-3-7-25-14/h3-4,7-10H,5-6,20H2,1-2H3,(H,21,22,23). The molecule has 0 saturated heterocycles. The molecule has 0 amide bonds. The van der Waals surface area contributed by atoms with Gasteiger partial charge in [-0.3, -0.25) is 0 Å². The quantitative estimate of drug-likeness (QED) is 0.646. The van der Waals surface area contributed by atoms with Crippen LogP contribution < -0.4 is 15.8 Å². The maximum Gasteiger partial charge on any atom is 0.248 e. The van der Waals surface area contributed by atoms with Gasteiger partial charge in [0.1, 0.15) is 17.8 Å². The molecule has 0 spiro atoms. The molecule has 0 aliphatic carbocycles. The van der Waals surface area contributed by atoms with Crippen molar-refractivity contribution < 1.29 is 4.74 Å². The lowest BCUT2D eigenvalue weighted by atomic mass is 10.1. The third kappa shape index (κ3) is 4.21. The van der Waals surface area contributed by atoms with Crippen molar-refractivity contribution in [3.63, 3.8) is 0 Å². The van der Waals surface area contributed by atoms with Crippen LogP contribution in [0.4, 0.5) is 11.5 Å². The van der Waals surface area contributed by atoms with Crippen molar-refractivity contribution >= 4 is 34.4 Å². The summed E-state index contributed by atoms with van der Waals surface area (Å²) in [7, 11) is 0. The molecule has 7 heteroatoms. The van der Waals surface area contributed by atoms with Gasteiger partial charge in [0.15, 0.2) is 5.82 Å². The second kappa shape index (κ2) is 7.72. The number of hydrogen-bond acceptors (Lipinski definition) is 6. The van der Waals surface area contributed by atoms with Crippen LogP contribution in [0.15, 0.2) is 36.0 Å². The highest BCUT2D eigenvalue weighted by molar-refractivity contribution is 7.09. The van der Waals surface area contributed by atoms with E-state index in [-0.39, 0.29) is 0 Å². The van der Waals surface area contributed by atoms with Gasteiger partial charge in [-0.2, -0.15) is 4.98 Å². The number of ether oxygens (including phenoxy) is 1. The smallest absolute Gasteiger partial charge is 0.248 e. The van der Waals surface area contributed by atoms with Crippen LogP contribution in [0.5, 0.6) is 11.6 Å². The van der Waals surface area contributed by atoms with E-state index in [0.29, 0.717) is 23.1 Å². The zero-order valence-electron chi connectivity index (χ0n) is 14.0. The Morgan fingerprint density at radius 1 is 1.24 bits per heavy atom. The van der Waals surface area contributed by atoms with Crippen LogP contribution in [0, 0.1) is 13.8 Å². The van der Waals surface area contributed by atoms with Crippen LogP contribution in [0.25, 0.3) is 0 Å². The van der Waals surface area contributed by atoms with Crippen LogP contribution in [0.2, 0.25) is 5.02 Å². The average molecular weight is 375 g/mol. The first-order chi connectivity index (χ1) is 12.0. The summed E-state index contributed by atoms with van der Waals surface area (Å²) in [6, 6.07) is 7.87. The lowest BCUT2D eigenvalue weighted by Crippen LogP contribution is -2.09. The number of nitrogen functional groups attached to an aromatic ring is 1. The third-order valence-electron chi connectivity index (χ3n) is 3.72. The van der Waals surface area contributed by atoms with Crippen molar-refractivity contribution in [1.82, 2.24) is 9.97 Å². The van der Waals surface area contributed by atoms with E-state index >= 15 is 0 Å². The Kier molecular flexibility index (Phi) is 5.40. The van der Waals surface area contributed by atoms with Crippen molar-refractivity contribution in [2.45, 2.75) is 20.3 Å². The Balaban J connectivity index is 1.72. The predicted molar refractivity (Wildman–Crippen MR) is 104 cm³/mol. The Morgan fingerprint density at radius 2 is 2.00 bits per heavy atom. The number of rotatable bonds is 6. The van der Waals surface area contributed by atoms with Crippen molar-refractivity contribution in [2.75, 3.05) is 17.6 Å². The first-order valence-corrected chi connectivity index (χ1v) is 9.11. The molecule has 5 nitrogen and oxygen atoms in total. The fraction of sp³-hybridized carbons (Fsp3) is 0.222. The molecule has 0 saturated carbocycles. The van der Waals surface area contributed by atoms with Crippen LogP contribution in [0.3, 0.4) is 0 Å². The Labute approximate surface area is 155 Å². The van der Waals surface area contributed by atoms with Gasteiger partial charge in [-0.15, -0.1) is 11.3 Å². The first-order valence-electron chi connectivity index (χ1n) is 7.86. The van der Waals surface area contributed by atoms with E-state index in [0.717, 1.165) is 29.1 Å². The largest absolute Gasteiger partial charge is 0.437 e. The second-order valence-corrected chi connectivity index (χ2v) is 7.08. The van der Waals surface area contributed by atoms with Gasteiger partial charge in [0.05, 0.1) is 0 Å². The summed E-state index contributed by atoms with van der Waals surface area (Å²) in [5, 5.41) is 6.04. The minimum atomic E-state index is 0.328. The normalized spacial score (nSPS) is 10.7. The molecule has 0 aliphatic heterocycles. The molecule has 3 N–H and O–H groups in total. The molecule has 2 heterocycles. The minimum absolute atomic E-state index is 0.328. The highest BCUT2D eigenvalue weighted by Crippen LogP contribution is 2.32. The molecular weight excluding hydrogens is 356 g/mol. The van der Waals surface area contributed by atoms with Crippen molar-refractivity contribution in [3.8, 4) is 11.6 Å². The van der Waals surface area contributed by atoms with Gasteiger partial charge in [-0.05, 0) is 55.0 Å².